The maximum absolute atomic E-state index is 4.75. The minimum Gasteiger partial charge on any atom is -0.317 e. The lowest BCUT2D eigenvalue weighted by atomic mass is 10.2. The van der Waals surface area contributed by atoms with Gasteiger partial charge in [-0.25, -0.2) is 0 Å². The van der Waals surface area contributed by atoms with Crippen molar-refractivity contribution in [2.75, 3.05) is 20.2 Å². The Morgan fingerprint density at radius 2 is 2.56 bits per heavy atom. The van der Waals surface area contributed by atoms with E-state index in [2.05, 4.69) is 24.9 Å². The molecular weight excluding hydrogens is 134 g/mol. The molecule has 0 aromatic heterocycles. The Labute approximate surface area is 61.8 Å². The first kappa shape index (κ1) is 7.38. The molecule has 0 N–H and O–H groups in total. The molecule has 0 radical (unpaired) electrons. The predicted octanol–water partition coefficient (Wildman–Crippen LogP) is 0.942. The molecular formula is C6H13NOS. The van der Waals surface area contributed by atoms with Gasteiger partial charge in [0.25, 0.3) is 0 Å². The zero-order chi connectivity index (χ0) is 6.69. The lowest BCUT2D eigenvalue weighted by Crippen LogP contribution is -2.28. The molecule has 0 aliphatic carbocycles. The number of hydrogen-bond donors (Lipinski definition) is 1. The van der Waals surface area contributed by atoms with Gasteiger partial charge in [-0.2, -0.15) is 0 Å². The average Bonchev–Trinajstić information content (AvgIpc) is 2.18. The lowest BCUT2D eigenvalue weighted by Gasteiger charge is -2.16. The summed E-state index contributed by atoms with van der Waals surface area (Å²) in [6, 6.07) is 0.613. The van der Waals surface area contributed by atoms with Crippen molar-refractivity contribution in [1.29, 1.82) is 0 Å². The first-order valence-corrected chi connectivity index (χ1v) is 3.67. The van der Waals surface area contributed by atoms with Crippen molar-refractivity contribution in [3.63, 3.8) is 0 Å². The highest BCUT2D eigenvalue weighted by Gasteiger charge is 2.19. The number of likely N-dealkylation sites (tertiary alicyclic amines) is 1. The monoisotopic (exact) mass is 147 g/mol. The summed E-state index contributed by atoms with van der Waals surface area (Å²) in [5.41, 5.74) is 0. The Bertz CT molecular complexity index is 89.1. The number of likely N-dealkylation sites (N-methyl/N-ethyl adjacent to an activating group) is 1. The smallest absolute Gasteiger partial charge is 0.0766 e. The van der Waals surface area contributed by atoms with E-state index >= 15 is 0 Å². The molecule has 0 saturated carbocycles. The summed E-state index contributed by atoms with van der Waals surface area (Å²) in [5.74, 6) is 0. The van der Waals surface area contributed by atoms with Gasteiger partial charge >= 0.3 is 0 Å². The van der Waals surface area contributed by atoms with Gasteiger partial charge in [-0.15, -0.1) is 0 Å². The maximum atomic E-state index is 4.75. The fraction of sp³-hybridized carbons (Fsp3) is 1.00. The van der Waals surface area contributed by atoms with Crippen molar-refractivity contribution in [2.45, 2.75) is 18.9 Å². The highest BCUT2D eigenvalue weighted by Crippen LogP contribution is 2.14. The summed E-state index contributed by atoms with van der Waals surface area (Å²) in [7, 11) is 2.13. The van der Waals surface area contributed by atoms with Crippen LogP contribution in [0.2, 0.25) is 0 Å². The zero-order valence-corrected chi connectivity index (χ0v) is 6.60. The Hall–Kier alpha value is 0.270. The summed E-state index contributed by atoms with van der Waals surface area (Å²) in [4.78, 5) is 2.32. The number of thiol groups is 1. The van der Waals surface area contributed by atoms with Crippen molar-refractivity contribution in [2.24, 2.45) is 0 Å². The molecule has 0 aromatic rings. The summed E-state index contributed by atoms with van der Waals surface area (Å²) in [6.45, 7) is 1.97. The fourth-order valence-corrected chi connectivity index (χ4v) is 1.45. The third-order valence-electron chi connectivity index (χ3n) is 1.94. The van der Waals surface area contributed by atoms with Gasteiger partial charge in [-0.3, -0.25) is 0 Å². The molecule has 0 aromatic carbocycles. The van der Waals surface area contributed by atoms with Gasteiger partial charge < -0.3 is 9.08 Å². The van der Waals surface area contributed by atoms with Gasteiger partial charge in [0.15, 0.2) is 0 Å². The van der Waals surface area contributed by atoms with Crippen LogP contribution in [0.5, 0.6) is 0 Å². The van der Waals surface area contributed by atoms with Crippen LogP contribution in [0.4, 0.5) is 0 Å². The van der Waals surface area contributed by atoms with Crippen LogP contribution in [-0.4, -0.2) is 31.1 Å². The molecule has 3 heteroatoms. The molecule has 0 spiro atoms. The van der Waals surface area contributed by atoms with Gasteiger partial charge in [0.1, 0.15) is 0 Å². The Balaban J connectivity index is 2.22. The molecule has 1 fully saturated rings. The van der Waals surface area contributed by atoms with E-state index in [4.69, 9.17) is 4.18 Å². The summed E-state index contributed by atoms with van der Waals surface area (Å²) in [5, 5.41) is 0. The van der Waals surface area contributed by atoms with E-state index in [-0.39, 0.29) is 0 Å². The van der Waals surface area contributed by atoms with Crippen molar-refractivity contribution >= 4 is 12.9 Å². The lowest BCUT2D eigenvalue weighted by molar-refractivity contribution is 0.222. The normalized spacial score (nSPS) is 29.3. The standard InChI is InChI=1S/C6H13NOS/c1-7-4-2-3-6(7)5-8-9/h6,9H,2-5H2,1H3. The largest absolute Gasteiger partial charge is 0.317 e. The molecule has 1 rings (SSSR count). The molecule has 1 unspecified atom stereocenters. The van der Waals surface area contributed by atoms with Crippen LogP contribution in [0.3, 0.4) is 0 Å². The van der Waals surface area contributed by atoms with Crippen LogP contribution >= 0.6 is 12.9 Å². The van der Waals surface area contributed by atoms with Gasteiger partial charge in [0, 0.05) is 6.04 Å². The first-order chi connectivity index (χ1) is 4.34. The first-order valence-electron chi connectivity index (χ1n) is 3.31. The number of rotatable bonds is 2. The molecule has 54 valence electrons. The van der Waals surface area contributed by atoms with Crippen LogP contribution < -0.4 is 0 Å². The van der Waals surface area contributed by atoms with E-state index in [1.54, 1.807) is 0 Å². The van der Waals surface area contributed by atoms with Crippen LogP contribution in [0, 0.1) is 0 Å². The van der Waals surface area contributed by atoms with Gasteiger partial charge in [-0.1, -0.05) is 0 Å². The van der Waals surface area contributed by atoms with E-state index in [1.807, 2.05) is 0 Å². The topological polar surface area (TPSA) is 12.5 Å². The third kappa shape index (κ3) is 1.85. The number of hydrogen-bond acceptors (Lipinski definition) is 3. The molecule has 9 heavy (non-hydrogen) atoms. The Kier molecular flexibility index (Phi) is 2.82. The number of nitrogens with zero attached hydrogens (tertiary/aromatic N) is 1. The second-order valence-electron chi connectivity index (χ2n) is 2.57. The van der Waals surface area contributed by atoms with Gasteiger partial charge in [0.05, 0.1) is 6.61 Å². The minimum atomic E-state index is 0.613. The quantitative estimate of drug-likeness (QED) is 0.461. The summed E-state index contributed by atoms with van der Waals surface area (Å²) >= 11 is 3.71. The van der Waals surface area contributed by atoms with Crippen LogP contribution in [0.1, 0.15) is 12.8 Å². The average molecular weight is 147 g/mol. The molecule has 0 amide bonds. The predicted molar refractivity (Wildman–Crippen MR) is 40.6 cm³/mol. The minimum absolute atomic E-state index is 0.613. The Morgan fingerprint density at radius 1 is 1.78 bits per heavy atom. The highest BCUT2D eigenvalue weighted by atomic mass is 32.1. The van der Waals surface area contributed by atoms with Crippen molar-refractivity contribution < 1.29 is 4.18 Å². The van der Waals surface area contributed by atoms with Crippen molar-refractivity contribution in [1.82, 2.24) is 4.90 Å². The maximum Gasteiger partial charge on any atom is 0.0766 e. The molecule has 1 atom stereocenters. The van der Waals surface area contributed by atoms with Crippen molar-refractivity contribution in [3.8, 4) is 0 Å². The molecule has 1 aliphatic rings. The van der Waals surface area contributed by atoms with E-state index in [0.717, 1.165) is 6.61 Å². The Morgan fingerprint density at radius 3 is 3.00 bits per heavy atom. The van der Waals surface area contributed by atoms with Crippen molar-refractivity contribution in [3.05, 3.63) is 0 Å². The second kappa shape index (κ2) is 3.44. The molecule has 2 nitrogen and oxygen atoms in total. The summed E-state index contributed by atoms with van der Waals surface area (Å²) < 4.78 is 4.75. The zero-order valence-electron chi connectivity index (χ0n) is 5.71. The second-order valence-corrected chi connectivity index (χ2v) is 2.83. The molecule has 1 heterocycles. The van der Waals surface area contributed by atoms with Gasteiger partial charge in [0.2, 0.25) is 0 Å². The SMILES string of the molecule is CN1CCCC1COS. The van der Waals surface area contributed by atoms with Crippen LogP contribution in [0.25, 0.3) is 0 Å². The van der Waals surface area contributed by atoms with E-state index < -0.39 is 0 Å². The third-order valence-corrected chi connectivity index (χ3v) is 2.09. The van der Waals surface area contributed by atoms with E-state index in [9.17, 15) is 0 Å². The molecule has 0 bridgehead atoms. The fourth-order valence-electron chi connectivity index (χ4n) is 1.28. The molecule has 1 aliphatic heterocycles. The van der Waals surface area contributed by atoms with Crippen LogP contribution in [0.15, 0.2) is 0 Å². The van der Waals surface area contributed by atoms with E-state index in [0.29, 0.717) is 6.04 Å². The summed E-state index contributed by atoms with van der Waals surface area (Å²) in [6.07, 6.45) is 2.56. The van der Waals surface area contributed by atoms with Crippen LogP contribution in [-0.2, 0) is 4.18 Å². The molecule has 1 saturated heterocycles. The van der Waals surface area contributed by atoms with E-state index in [1.165, 1.54) is 19.4 Å². The highest BCUT2D eigenvalue weighted by molar-refractivity contribution is 7.75. The van der Waals surface area contributed by atoms with Gasteiger partial charge in [-0.05, 0) is 39.3 Å².